The van der Waals surface area contributed by atoms with Crippen LogP contribution >= 0.6 is 11.8 Å². The second-order valence-electron chi connectivity index (χ2n) is 6.15. The van der Waals surface area contributed by atoms with Gasteiger partial charge in [0.05, 0.1) is 10.6 Å². The van der Waals surface area contributed by atoms with Gasteiger partial charge in [0.2, 0.25) is 0 Å². The first-order valence-electron chi connectivity index (χ1n) is 8.39. The Balaban J connectivity index is 1.47. The Morgan fingerprint density at radius 1 is 1.07 bits per heavy atom. The number of alkyl halides is 3. The molecule has 1 aromatic heterocycles. The van der Waals surface area contributed by atoms with Crippen LogP contribution in [-0.2, 0) is 16.6 Å². The highest BCUT2D eigenvalue weighted by atomic mass is 32.2. The minimum absolute atomic E-state index is 0.182. The lowest BCUT2D eigenvalue weighted by molar-refractivity contribution is -0.274. The molecular weight excluding hydrogens is 427 g/mol. The van der Waals surface area contributed by atoms with Crippen molar-refractivity contribution < 1.29 is 26.3 Å². The molecule has 0 fully saturated rings. The van der Waals surface area contributed by atoms with E-state index in [1.54, 1.807) is 36.0 Å². The summed E-state index contributed by atoms with van der Waals surface area (Å²) in [5.74, 6) is 0.512. The molecule has 0 spiro atoms. The van der Waals surface area contributed by atoms with E-state index in [1.807, 2.05) is 6.20 Å². The van der Waals surface area contributed by atoms with E-state index < -0.39 is 22.1 Å². The first-order valence-corrected chi connectivity index (χ1v) is 10.9. The lowest BCUT2D eigenvalue weighted by Gasteiger charge is -2.11. The van der Waals surface area contributed by atoms with Crippen molar-refractivity contribution in [2.45, 2.75) is 23.0 Å². The lowest BCUT2D eigenvalue weighted by Crippen LogP contribution is -2.17. The Bertz CT molecular complexity index is 1100. The van der Waals surface area contributed by atoms with Crippen LogP contribution in [0.2, 0.25) is 0 Å². The van der Waals surface area contributed by atoms with E-state index in [-0.39, 0.29) is 4.90 Å². The number of aromatic nitrogens is 2. The maximum atomic E-state index is 12.5. The highest BCUT2D eigenvalue weighted by molar-refractivity contribution is 7.99. The molecule has 3 aromatic rings. The van der Waals surface area contributed by atoms with Gasteiger partial charge in [0, 0.05) is 29.7 Å². The molecule has 0 unspecified atom stereocenters. The van der Waals surface area contributed by atoms with Crippen molar-refractivity contribution in [2.24, 2.45) is 0 Å². The number of hydrogen-bond donors (Lipinski definition) is 1. The molecule has 152 valence electrons. The number of hydrogen-bond acceptors (Lipinski definition) is 5. The van der Waals surface area contributed by atoms with Crippen LogP contribution in [0.3, 0.4) is 0 Å². The summed E-state index contributed by atoms with van der Waals surface area (Å²) in [6, 6.07) is 10.7. The number of rotatable bonds is 5. The summed E-state index contributed by atoms with van der Waals surface area (Å²) in [5, 5.41) is 0.961. The first-order chi connectivity index (χ1) is 13.7. The van der Waals surface area contributed by atoms with Gasteiger partial charge in [-0.2, -0.15) is 0 Å². The van der Waals surface area contributed by atoms with Gasteiger partial charge >= 0.3 is 6.36 Å². The predicted octanol–water partition coefficient (Wildman–Crippen LogP) is 4.36. The average Bonchev–Trinajstić information content (AvgIpc) is 3.23. The van der Waals surface area contributed by atoms with E-state index in [4.69, 9.17) is 0 Å². The number of anilines is 1. The molecule has 0 radical (unpaired) electrons. The van der Waals surface area contributed by atoms with Crippen molar-refractivity contribution in [3.05, 3.63) is 54.7 Å². The fourth-order valence-corrected chi connectivity index (χ4v) is 4.79. The quantitative estimate of drug-likeness (QED) is 0.637. The zero-order chi connectivity index (χ0) is 20.6. The van der Waals surface area contributed by atoms with E-state index in [9.17, 15) is 21.6 Å². The van der Waals surface area contributed by atoms with Gasteiger partial charge in [-0.1, -0.05) is 23.9 Å². The third-order valence-electron chi connectivity index (χ3n) is 4.10. The summed E-state index contributed by atoms with van der Waals surface area (Å²) in [6.07, 6.45) is -2.88. The number of thioether (sulfide) groups is 1. The Hall–Kier alpha value is -2.66. The zero-order valence-corrected chi connectivity index (χ0v) is 16.3. The molecule has 0 bridgehead atoms. The minimum atomic E-state index is -4.84. The van der Waals surface area contributed by atoms with Crippen LogP contribution in [0.5, 0.6) is 5.75 Å². The molecule has 0 atom stereocenters. The normalized spacial score (nSPS) is 13.9. The fourth-order valence-electron chi connectivity index (χ4n) is 2.79. The molecule has 11 heteroatoms. The molecule has 0 saturated heterocycles. The van der Waals surface area contributed by atoms with E-state index in [1.165, 1.54) is 0 Å². The maximum Gasteiger partial charge on any atom is 0.573 e. The molecule has 6 nitrogen and oxygen atoms in total. The van der Waals surface area contributed by atoms with Gasteiger partial charge in [0.25, 0.3) is 10.0 Å². The van der Waals surface area contributed by atoms with Crippen LogP contribution in [0.25, 0.3) is 11.3 Å². The van der Waals surface area contributed by atoms with Gasteiger partial charge in [0.15, 0.2) is 5.16 Å². The van der Waals surface area contributed by atoms with Crippen LogP contribution in [0.4, 0.5) is 18.9 Å². The molecule has 1 aliphatic rings. The minimum Gasteiger partial charge on any atom is -0.406 e. The molecule has 29 heavy (non-hydrogen) atoms. The summed E-state index contributed by atoms with van der Waals surface area (Å²) in [7, 11) is -3.96. The van der Waals surface area contributed by atoms with Crippen LogP contribution < -0.4 is 9.46 Å². The number of nitrogens with one attached hydrogen (secondary N) is 1. The van der Waals surface area contributed by atoms with Gasteiger partial charge < -0.3 is 9.30 Å². The van der Waals surface area contributed by atoms with Gasteiger partial charge in [-0.3, -0.25) is 4.72 Å². The Labute approximate surface area is 168 Å². The monoisotopic (exact) mass is 441 g/mol. The summed E-state index contributed by atoms with van der Waals surface area (Å²) < 4.78 is 69.7. The van der Waals surface area contributed by atoms with Gasteiger partial charge in [-0.25, -0.2) is 13.4 Å². The molecule has 0 amide bonds. The zero-order valence-electron chi connectivity index (χ0n) is 14.7. The maximum absolute atomic E-state index is 12.5. The standard InChI is InChI=1S/C18H14F3N3O3S2/c19-18(20,21)27-14-5-7-15(8-6-14)29(25,26)23-13-3-1-12(2-4-13)16-11-24-9-10-28-17(24)22-16/h1-8,11,23H,9-10H2. The summed E-state index contributed by atoms with van der Waals surface area (Å²) >= 11 is 1.68. The second-order valence-corrected chi connectivity index (χ2v) is 8.90. The Morgan fingerprint density at radius 3 is 2.38 bits per heavy atom. The third-order valence-corrected chi connectivity index (χ3v) is 6.47. The third kappa shape index (κ3) is 4.51. The molecule has 4 rings (SSSR count). The van der Waals surface area contributed by atoms with Crippen LogP contribution in [0.1, 0.15) is 0 Å². The van der Waals surface area contributed by atoms with Crippen molar-refractivity contribution in [1.82, 2.24) is 9.55 Å². The molecule has 0 saturated carbocycles. The SMILES string of the molecule is O=S(=O)(Nc1ccc(-c2cn3c(n2)SCC3)cc1)c1ccc(OC(F)(F)F)cc1. The number of benzene rings is 2. The molecular formula is C18H14F3N3O3S2. The average molecular weight is 441 g/mol. The van der Waals surface area contributed by atoms with Crippen molar-refractivity contribution in [1.29, 1.82) is 0 Å². The number of ether oxygens (including phenoxy) is 1. The van der Waals surface area contributed by atoms with E-state index in [2.05, 4.69) is 19.0 Å². The van der Waals surface area contributed by atoms with Gasteiger partial charge in [0.1, 0.15) is 5.75 Å². The Morgan fingerprint density at radius 2 is 1.76 bits per heavy atom. The number of fused-ring (bicyclic) bond motifs is 1. The van der Waals surface area contributed by atoms with E-state index in [0.717, 1.165) is 53.0 Å². The number of sulfonamides is 1. The number of imidazole rings is 1. The van der Waals surface area contributed by atoms with Crippen molar-refractivity contribution >= 4 is 27.5 Å². The summed E-state index contributed by atoms with van der Waals surface area (Å²) in [6.45, 7) is 0.914. The fraction of sp³-hybridized carbons (Fsp3) is 0.167. The number of nitrogens with zero attached hydrogens (tertiary/aromatic N) is 2. The second kappa shape index (κ2) is 7.30. The van der Waals surface area contributed by atoms with E-state index >= 15 is 0 Å². The van der Waals surface area contributed by atoms with Crippen LogP contribution in [0.15, 0.2) is 64.8 Å². The van der Waals surface area contributed by atoms with E-state index in [0.29, 0.717) is 5.69 Å². The summed E-state index contributed by atoms with van der Waals surface area (Å²) in [5.41, 5.74) is 1.98. The first kappa shape index (κ1) is 19.6. The summed E-state index contributed by atoms with van der Waals surface area (Å²) in [4.78, 5) is 4.36. The van der Waals surface area contributed by atoms with Gasteiger partial charge in [-0.05, 0) is 36.4 Å². The van der Waals surface area contributed by atoms with Crippen molar-refractivity contribution in [3.63, 3.8) is 0 Å². The van der Waals surface area contributed by atoms with Crippen LogP contribution in [-0.4, -0.2) is 30.1 Å². The highest BCUT2D eigenvalue weighted by Crippen LogP contribution is 2.30. The molecule has 1 N–H and O–H groups in total. The number of aryl methyl sites for hydroxylation is 1. The molecule has 1 aliphatic heterocycles. The predicted molar refractivity (Wildman–Crippen MR) is 102 cm³/mol. The molecule has 0 aliphatic carbocycles. The lowest BCUT2D eigenvalue weighted by atomic mass is 10.1. The topological polar surface area (TPSA) is 73.2 Å². The number of halogens is 3. The van der Waals surface area contributed by atoms with Crippen molar-refractivity contribution in [3.8, 4) is 17.0 Å². The molecule has 2 aromatic carbocycles. The van der Waals surface area contributed by atoms with Gasteiger partial charge in [-0.15, -0.1) is 13.2 Å². The largest absolute Gasteiger partial charge is 0.573 e. The van der Waals surface area contributed by atoms with Crippen LogP contribution in [0, 0.1) is 0 Å². The highest BCUT2D eigenvalue weighted by Gasteiger charge is 2.31. The smallest absolute Gasteiger partial charge is 0.406 e. The Kier molecular flexibility index (Phi) is 4.95. The molecule has 2 heterocycles. The van der Waals surface area contributed by atoms with Crippen molar-refractivity contribution in [2.75, 3.05) is 10.5 Å².